The van der Waals surface area contributed by atoms with Crippen molar-refractivity contribution >= 4 is 46.9 Å². The van der Waals surface area contributed by atoms with Crippen molar-refractivity contribution in [1.29, 1.82) is 0 Å². The number of amides is 2. The number of carbonyl (C=O) groups is 4. The SMILES string of the molecule is O=C1C[C@@H]2S[C@]34C[C@H]1[C@H]([C@@H]2O)N3C(=O)[C@]12C[C@@H]3C(=O)C[C@H](S1)[C@@H](O)[C@@H]3N2C4=O. The molecule has 7 rings (SSSR count). The van der Waals surface area contributed by atoms with Gasteiger partial charge in [0.05, 0.1) is 24.3 Å². The number of Topliss-reactive ketones (excluding diaryl/α,β-unsaturated/α-hetero) is 2. The van der Waals surface area contributed by atoms with Crippen LogP contribution in [0.25, 0.3) is 0 Å². The number of ketones is 2. The van der Waals surface area contributed by atoms with Crippen LogP contribution in [0.1, 0.15) is 25.7 Å². The molecule has 5 aliphatic heterocycles. The quantitative estimate of drug-likeness (QED) is 0.496. The first kappa shape index (κ1) is 16.7. The van der Waals surface area contributed by atoms with Crippen molar-refractivity contribution in [3.63, 3.8) is 0 Å². The molecule has 2 saturated carbocycles. The van der Waals surface area contributed by atoms with E-state index in [1.807, 2.05) is 0 Å². The average Bonchev–Trinajstić information content (AvgIpc) is 2.98. The Balaban J connectivity index is 1.44. The molecule has 0 aromatic rings. The van der Waals surface area contributed by atoms with E-state index in [4.69, 9.17) is 0 Å². The zero-order valence-electron chi connectivity index (χ0n) is 14.7. The number of carbonyl (C=O) groups excluding carboxylic acids is 4. The maximum Gasteiger partial charge on any atom is 0.261 e. The lowest BCUT2D eigenvalue weighted by atomic mass is 9.80. The predicted octanol–water partition coefficient (Wildman–Crippen LogP) is -1.28. The molecule has 2 amide bonds. The Labute approximate surface area is 168 Å². The molecule has 0 unspecified atom stereocenters. The molecule has 0 spiro atoms. The molecule has 28 heavy (non-hydrogen) atoms. The van der Waals surface area contributed by atoms with Gasteiger partial charge in [-0.3, -0.25) is 19.2 Å². The number of rotatable bonds is 0. The van der Waals surface area contributed by atoms with Gasteiger partial charge in [-0.2, -0.15) is 0 Å². The first-order valence-electron chi connectivity index (χ1n) is 9.75. The highest BCUT2D eigenvalue weighted by Gasteiger charge is 2.81. The Morgan fingerprint density at radius 3 is 1.54 bits per heavy atom. The van der Waals surface area contributed by atoms with Crippen LogP contribution in [-0.4, -0.2) is 87.9 Å². The third-order valence-electron chi connectivity index (χ3n) is 8.08. The van der Waals surface area contributed by atoms with Crippen molar-refractivity contribution in [3.8, 4) is 0 Å². The number of aliphatic hydroxyl groups is 2. The van der Waals surface area contributed by atoms with Gasteiger partial charge in [0, 0.05) is 48.0 Å². The molecule has 0 radical (unpaired) electrons. The summed E-state index contributed by atoms with van der Waals surface area (Å²) >= 11 is 2.49. The van der Waals surface area contributed by atoms with Crippen LogP contribution in [0.15, 0.2) is 0 Å². The second-order valence-electron chi connectivity index (χ2n) is 9.16. The molecule has 5 saturated heterocycles. The number of fused-ring (bicyclic) bond motifs is 2. The van der Waals surface area contributed by atoms with Gasteiger partial charge in [-0.1, -0.05) is 0 Å². The topological polar surface area (TPSA) is 115 Å². The number of nitrogens with zero attached hydrogens (tertiary/aromatic N) is 2. The lowest BCUT2D eigenvalue weighted by Gasteiger charge is -2.61. The minimum absolute atomic E-state index is 0.0169. The maximum atomic E-state index is 13.9. The van der Waals surface area contributed by atoms with Crippen molar-refractivity contribution in [1.82, 2.24) is 9.80 Å². The summed E-state index contributed by atoms with van der Waals surface area (Å²) in [6, 6.07) is -1.30. The van der Waals surface area contributed by atoms with Gasteiger partial charge in [0.1, 0.15) is 11.6 Å². The van der Waals surface area contributed by atoms with Crippen molar-refractivity contribution in [2.75, 3.05) is 0 Å². The molecule has 0 aromatic carbocycles. The van der Waals surface area contributed by atoms with Crippen LogP contribution >= 0.6 is 23.5 Å². The van der Waals surface area contributed by atoms with Crippen LogP contribution in [0.4, 0.5) is 0 Å². The second kappa shape index (κ2) is 4.63. The molecule has 7 fully saturated rings. The number of aliphatic hydroxyl groups excluding tert-OH is 2. The number of thioether (sulfide) groups is 2. The first-order valence-corrected chi connectivity index (χ1v) is 11.5. The van der Waals surface area contributed by atoms with E-state index >= 15 is 0 Å². The van der Waals surface area contributed by atoms with E-state index in [1.54, 1.807) is 0 Å². The van der Waals surface area contributed by atoms with E-state index in [0.29, 0.717) is 0 Å². The molecular formula is C18H18N2O6S2. The van der Waals surface area contributed by atoms with Crippen LogP contribution in [0.5, 0.6) is 0 Å². The van der Waals surface area contributed by atoms with Gasteiger partial charge < -0.3 is 20.0 Å². The minimum Gasteiger partial charge on any atom is -0.390 e. The zero-order valence-corrected chi connectivity index (χ0v) is 16.3. The maximum absolute atomic E-state index is 13.9. The second-order valence-corrected chi connectivity index (χ2v) is 12.2. The summed E-state index contributed by atoms with van der Waals surface area (Å²) in [6.07, 6.45) is -0.753. The fraction of sp³-hybridized carbons (Fsp3) is 0.778. The molecular weight excluding hydrogens is 404 g/mol. The standard InChI is InChI=1S/C18H18N2O6S2/c21-7-1-9-13(23)11-5(7)3-17(27-9)15(25)20-12-6-4-18(20,16(26)19(11)17)28-10(14(12)24)2-8(6)22/h5-6,9-14,23-24H,1-4H2/t5-,6-,9+,10+,11-,12-,13-,14-,17+,18+/m1/s1. The van der Waals surface area contributed by atoms with Gasteiger partial charge in [0.15, 0.2) is 9.74 Å². The predicted molar refractivity (Wildman–Crippen MR) is 97.0 cm³/mol. The van der Waals surface area contributed by atoms with E-state index in [1.165, 1.54) is 33.3 Å². The molecule has 6 bridgehead atoms. The highest BCUT2D eigenvalue weighted by molar-refractivity contribution is 8.03. The molecule has 10 heteroatoms. The lowest BCUT2D eigenvalue weighted by molar-refractivity contribution is -0.173. The van der Waals surface area contributed by atoms with Crippen LogP contribution < -0.4 is 0 Å². The first-order chi connectivity index (χ1) is 13.3. The molecule has 8 nitrogen and oxygen atoms in total. The fourth-order valence-electron chi connectivity index (χ4n) is 7.04. The van der Waals surface area contributed by atoms with Gasteiger partial charge in [0.2, 0.25) is 0 Å². The third kappa shape index (κ3) is 1.45. The van der Waals surface area contributed by atoms with Crippen LogP contribution in [0.3, 0.4) is 0 Å². The number of hydrogen-bond acceptors (Lipinski definition) is 8. The molecule has 2 aliphatic carbocycles. The molecule has 2 N–H and O–H groups in total. The molecule has 5 heterocycles. The highest BCUT2D eigenvalue weighted by Crippen LogP contribution is 2.67. The average molecular weight is 422 g/mol. The van der Waals surface area contributed by atoms with E-state index in [0.717, 1.165) is 0 Å². The normalized spacial score (nSPS) is 57.9. The minimum atomic E-state index is -1.19. The van der Waals surface area contributed by atoms with E-state index < -0.39 is 56.4 Å². The summed E-state index contributed by atoms with van der Waals surface area (Å²) in [5, 5.41) is 20.8. The molecule has 0 aromatic heterocycles. The van der Waals surface area contributed by atoms with Crippen LogP contribution in [-0.2, 0) is 19.2 Å². The summed E-state index contributed by atoms with van der Waals surface area (Å²) in [4.78, 5) is 53.7. The monoisotopic (exact) mass is 422 g/mol. The largest absolute Gasteiger partial charge is 0.390 e. The smallest absolute Gasteiger partial charge is 0.261 e. The van der Waals surface area contributed by atoms with Crippen LogP contribution in [0, 0.1) is 11.8 Å². The fourth-order valence-corrected chi connectivity index (χ4v) is 10.7. The van der Waals surface area contributed by atoms with Gasteiger partial charge in [-0.05, 0) is 0 Å². The van der Waals surface area contributed by atoms with Crippen LogP contribution in [0.2, 0.25) is 0 Å². The van der Waals surface area contributed by atoms with Gasteiger partial charge >= 0.3 is 0 Å². The summed E-state index contributed by atoms with van der Waals surface area (Å²) in [5.74, 6) is -1.52. The zero-order chi connectivity index (χ0) is 19.3. The molecule has 7 aliphatic rings. The van der Waals surface area contributed by atoms with Gasteiger partial charge in [-0.25, -0.2) is 0 Å². The van der Waals surface area contributed by atoms with Crippen molar-refractivity contribution < 1.29 is 29.4 Å². The van der Waals surface area contributed by atoms with Crippen molar-refractivity contribution in [3.05, 3.63) is 0 Å². The summed E-state index contributed by atoms with van der Waals surface area (Å²) in [7, 11) is 0. The molecule has 148 valence electrons. The summed E-state index contributed by atoms with van der Waals surface area (Å²) in [5.41, 5.74) is 0. The Hall–Kier alpha value is -1.10. The van der Waals surface area contributed by atoms with E-state index in [2.05, 4.69) is 0 Å². The van der Waals surface area contributed by atoms with Gasteiger partial charge in [0.25, 0.3) is 11.8 Å². The Bertz CT molecular complexity index is 841. The highest BCUT2D eigenvalue weighted by atomic mass is 32.2. The summed E-state index contributed by atoms with van der Waals surface area (Å²) < 4.78 is 0. The lowest BCUT2D eigenvalue weighted by Crippen LogP contribution is -2.79. The Morgan fingerprint density at radius 2 is 1.14 bits per heavy atom. The number of piperazine rings is 1. The van der Waals surface area contributed by atoms with Crippen molar-refractivity contribution in [2.45, 2.75) is 70.2 Å². The van der Waals surface area contributed by atoms with Crippen molar-refractivity contribution in [2.24, 2.45) is 11.8 Å². The Kier molecular flexibility index (Phi) is 2.76. The van der Waals surface area contributed by atoms with E-state index in [9.17, 15) is 29.4 Å². The Morgan fingerprint density at radius 1 is 0.750 bits per heavy atom. The third-order valence-corrected chi connectivity index (χ3v) is 11.4. The number of hydrogen-bond donors (Lipinski definition) is 2. The van der Waals surface area contributed by atoms with Gasteiger partial charge in [-0.15, -0.1) is 23.5 Å². The van der Waals surface area contributed by atoms with E-state index in [-0.39, 0.29) is 49.1 Å². The summed E-state index contributed by atoms with van der Waals surface area (Å²) in [6.45, 7) is 0. The molecule has 10 atom stereocenters.